The molecule has 0 saturated heterocycles. The van der Waals surface area contributed by atoms with Gasteiger partial charge in [0.15, 0.2) is 0 Å². The Morgan fingerprint density at radius 2 is 1.36 bits per heavy atom. The third-order valence-corrected chi connectivity index (χ3v) is 7.04. The van der Waals surface area contributed by atoms with Gasteiger partial charge in [0.05, 0.1) is 5.69 Å². The second-order valence-electron chi connectivity index (χ2n) is 8.97. The van der Waals surface area contributed by atoms with Gasteiger partial charge in [-0.1, -0.05) is 91.0 Å². The first kappa shape index (κ1) is 18.5. The minimum atomic E-state index is 0.912. The summed E-state index contributed by atoms with van der Waals surface area (Å²) >= 11 is 0. The lowest BCUT2D eigenvalue weighted by Crippen LogP contribution is -2.20. The van der Waals surface area contributed by atoms with Crippen LogP contribution in [0.4, 0.5) is 11.4 Å². The van der Waals surface area contributed by atoms with Crippen molar-refractivity contribution in [2.75, 3.05) is 4.90 Å². The molecule has 0 atom stereocenters. The van der Waals surface area contributed by atoms with Crippen molar-refractivity contribution in [1.82, 2.24) is 0 Å². The van der Waals surface area contributed by atoms with Gasteiger partial charge in [0.2, 0.25) is 0 Å². The molecule has 0 spiro atoms. The highest BCUT2D eigenvalue weighted by Crippen LogP contribution is 2.42. The molecule has 0 heterocycles. The molecule has 2 aliphatic rings. The molecular weight excluding hydrogens is 398 g/mol. The Labute approximate surface area is 193 Å². The van der Waals surface area contributed by atoms with E-state index in [0.29, 0.717) is 0 Å². The van der Waals surface area contributed by atoms with Crippen molar-refractivity contribution in [3.63, 3.8) is 0 Å². The van der Waals surface area contributed by atoms with Crippen LogP contribution in [0, 0.1) is 0 Å². The van der Waals surface area contributed by atoms with E-state index in [1.54, 1.807) is 0 Å². The van der Waals surface area contributed by atoms with E-state index in [9.17, 15) is 0 Å². The lowest BCUT2D eigenvalue weighted by molar-refractivity contribution is 1.06. The fourth-order valence-corrected chi connectivity index (χ4v) is 5.59. The fraction of sp³-hybridized carbons (Fsp3) is 0.0625. The smallest absolute Gasteiger partial charge is 0.0536 e. The predicted molar refractivity (Wildman–Crippen MR) is 141 cm³/mol. The first-order chi connectivity index (χ1) is 16.4. The number of fused-ring (bicyclic) bond motifs is 1. The lowest BCUT2D eigenvalue weighted by atomic mass is 9.84. The minimum absolute atomic E-state index is 0.912. The molecule has 0 amide bonds. The Morgan fingerprint density at radius 1 is 0.606 bits per heavy atom. The zero-order valence-electron chi connectivity index (χ0n) is 18.3. The summed E-state index contributed by atoms with van der Waals surface area (Å²) in [5.74, 6) is 0. The minimum Gasteiger partial charge on any atom is -0.313 e. The average molecular weight is 422 g/mol. The molecular formula is C32H23N. The summed E-state index contributed by atoms with van der Waals surface area (Å²) < 4.78 is 0. The van der Waals surface area contributed by atoms with Crippen molar-refractivity contribution >= 4 is 45.1 Å². The number of benzene rings is 5. The number of allylic oxidation sites excluding steroid dienone is 2. The Morgan fingerprint density at radius 3 is 2.30 bits per heavy atom. The molecule has 0 aromatic heterocycles. The van der Waals surface area contributed by atoms with Gasteiger partial charge in [-0.2, -0.15) is 0 Å². The fourth-order valence-electron chi connectivity index (χ4n) is 5.59. The van der Waals surface area contributed by atoms with Crippen LogP contribution in [0.1, 0.15) is 22.3 Å². The van der Waals surface area contributed by atoms with Crippen molar-refractivity contribution in [3.8, 4) is 0 Å². The van der Waals surface area contributed by atoms with Crippen molar-refractivity contribution in [2.24, 2.45) is 0 Å². The van der Waals surface area contributed by atoms with E-state index < -0.39 is 0 Å². The predicted octanol–water partition coefficient (Wildman–Crippen LogP) is 8.30. The Balaban J connectivity index is 1.48. The summed E-state index contributed by atoms with van der Waals surface area (Å²) in [4.78, 5) is 2.45. The van der Waals surface area contributed by atoms with E-state index in [1.165, 1.54) is 60.9 Å². The topological polar surface area (TPSA) is 3.24 Å². The normalized spacial score (nSPS) is 13.9. The van der Waals surface area contributed by atoms with Crippen LogP contribution in [0.5, 0.6) is 0 Å². The number of hydrogen-bond donors (Lipinski definition) is 0. The highest BCUT2D eigenvalue weighted by atomic mass is 15.1. The molecule has 5 aromatic rings. The van der Waals surface area contributed by atoms with E-state index in [0.717, 1.165) is 12.8 Å². The standard InChI is InChI=1S/C32H23N/c1-2-12-27(13-3-1)33(30-15-7-9-22-8-4-5-14-29(22)30)28-20-25-18-16-23-10-6-11-24-17-19-26(21-28)32(25)31(23)24/h1-10,12-20H,11,21H2. The third kappa shape index (κ3) is 2.86. The molecule has 156 valence electrons. The van der Waals surface area contributed by atoms with Crippen LogP contribution in [-0.2, 0) is 12.8 Å². The largest absolute Gasteiger partial charge is 0.313 e. The van der Waals surface area contributed by atoms with Crippen LogP contribution >= 0.6 is 0 Å². The molecule has 0 fully saturated rings. The van der Waals surface area contributed by atoms with Gasteiger partial charge in [-0.15, -0.1) is 0 Å². The van der Waals surface area contributed by atoms with Crippen molar-refractivity contribution in [2.45, 2.75) is 12.8 Å². The van der Waals surface area contributed by atoms with E-state index in [4.69, 9.17) is 0 Å². The quantitative estimate of drug-likeness (QED) is 0.283. The molecule has 0 unspecified atom stereocenters. The SMILES string of the molecule is C1=Cc2ccc3c4c(ccc(c24)C1)CC(N(c1ccccc1)c1cccc2ccccc12)=C3. The number of para-hydroxylation sites is 1. The summed E-state index contributed by atoms with van der Waals surface area (Å²) in [6, 6.07) is 35.3. The zero-order chi connectivity index (χ0) is 21.8. The average Bonchev–Trinajstić information content (AvgIpc) is 2.88. The zero-order valence-corrected chi connectivity index (χ0v) is 18.3. The van der Waals surface area contributed by atoms with Gasteiger partial charge in [0.1, 0.15) is 0 Å². The van der Waals surface area contributed by atoms with E-state index in [1.807, 2.05) is 0 Å². The van der Waals surface area contributed by atoms with Crippen LogP contribution in [-0.4, -0.2) is 0 Å². The first-order valence-electron chi connectivity index (χ1n) is 11.6. The summed E-state index contributed by atoms with van der Waals surface area (Å²) in [5, 5.41) is 5.41. The van der Waals surface area contributed by atoms with Gasteiger partial charge in [-0.25, -0.2) is 0 Å². The van der Waals surface area contributed by atoms with Crippen molar-refractivity contribution in [3.05, 3.63) is 131 Å². The summed E-state index contributed by atoms with van der Waals surface area (Å²) in [7, 11) is 0. The molecule has 1 nitrogen and oxygen atoms in total. The highest BCUT2D eigenvalue weighted by molar-refractivity contribution is 6.04. The van der Waals surface area contributed by atoms with Gasteiger partial charge in [0.25, 0.3) is 0 Å². The molecule has 0 radical (unpaired) electrons. The molecule has 5 aromatic carbocycles. The van der Waals surface area contributed by atoms with E-state index >= 15 is 0 Å². The van der Waals surface area contributed by atoms with Crippen LogP contribution in [0.2, 0.25) is 0 Å². The van der Waals surface area contributed by atoms with Crippen LogP contribution in [0.25, 0.3) is 33.7 Å². The lowest BCUT2D eigenvalue weighted by Gasteiger charge is -2.32. The Bertz CT molecular complexity index is 1600. The number of hydrogen-bond acceptors (Lipinski definition) is 1. The molecule has 7 rings (SSSR count). The van der Waals surface area contributed by atoms with Crippen LogP contribution in [0.15, 0.2) is 109 Å². The molecule has 0 bridgehead atoms. The molecule has 0 aliphatic heterocycles. The van der Waals surface area contributed by atoms with Gasteiger partial charge in [0, 0.05) is 23.2 Å². The molecule has 1 heteroatoms. The van der Waals surface area contributed by atoms with E-state index in [-0.39, 0.29) is 0 Å². The summed E-state index contributed by atoms with van der Waals surface area (Å²) in [6.45, 7) is 0. The Kier molecular flexibility index (Phi) is 4.04. The number of rotatable bonds is 3. The van der Waals surface area contributed by atoms with Gasteiger partial charge in [-0.3, -0.25) is 0 Å². The first-order valence-corrected chi connectivity index (χ1v) is 11.6. The summed E-state index contributed by atoms with van der Waals surface area (Å²) in [5.41, 5.74) is 9.25. The third-order valence-electron chi connectivity index (χ3n) is 7.04. The van der Waals surface area contributed by atoms with E-state index in [2.05, 4.69) is 120 Å². The molecule has 0 N–H and O–H groups in total. The summed E-state index contributed by atoms with van der Waals surface area (Å²) in [6.07, 6.45) is 8.90. The molecule has 33 heavy (non-hydrogen) atoms. The van der Waals surface area contributed by atoms with Crippen LogP contribution in [0.3, 0.4) is 0 Å². The van der Waals surface area contributed by atoms with Crippen molar-refractivity contribution < 1.29 is 0 Å². The Hall–Kier alpha value is -4.10. The monoisotopic (exact) mass is 421 g/mol. The van der Waals surface area contributed by atoms with Gasteiger partial charge >= 0.3 is 0 Å². The number of anilines is 2. The number of nitrogens with zero attached hydrogens (tertiary/aromatic N) is 1. The maximum Gasteiger partial charge on any atom is 0.0536 e. The molecule has 2 aliphatic carbocycles. The van der Waals surface area contributed by atoms with Gasteiger partial charge < -0.3 is 4.90 Å². The second kappa shape index (κ2) is 7.21. The molecule has 0 saturated carbocycles. The maximum absolute atomic E-state index is 2.45. The maximum atomic E-state index is 2.45. The van der Waals surface area contributed by atoms with Gasteiger partial charge in [-0.05, 0) is 69.1 Å². The second-order valence-corrected chi connectivity index (χ2v) is 8.97. The van der Waals surface area contributed by atoms with Crippen LogP contribution < -0.4 is 4.90 Å². The van der Waals surface area contributed by atoms with Crippen molar-refractivity contribution in [1.29, 1.82) is 0 Å². The highest BCUT2D eigenvalue weighted by Gasteiger charge is 2.24.